The van der Waals surface area contributed by atoms with Gasteiger partial charge in [0.1, 0.15) is 6.04 Å². The highest BCUT2D eigenvalue weighted by Gasteiger charge is 2.07. The number of hydrogen-bond donors (Lipinski definition) is 1. The predicted octanol–water partition coefficient (Wildman–Crippen LogP) is 5.91. The van der Waals surface area contributed by atoms with Crippen LogP contribution in [0, 0.1) is 0 Å². The van der Waals surface area contributed by atoms with E-state index in [1.165, 1.54) is 77.0 Å². The van der Waals surface area contributed by atoms with E-state index in [1.54, 1.807) is 6.92 Å². The maximum absolute atomic E-state index is 11.1. The topological polar surface area (TPSA) is 52.3 Å². The van der Waals surface area contributed by atoms with E-state index in [1.807, 2.05) is 0 Å². The molecule has 0 bridgehead atoms. The summed E-state index contributed by atoms with van der Waals surface area (Å²) in [6.45, 7) is 4.44. The molecule has 3 heteroatoms. The molecule has 2 N–H and O–H groups in total. The predicted molar refractivity (Wildman–Crippen MR) is 104 cm³/mol. The first kappa shape index (κ1) is 23.2. The average Bonchev–Trinajstić information content (AvgIpc) is 2.57. The maximum atomic E-state index is 11.1. The third kappa shape index (κ3) is 17.5. The SMILES string of the molecule is CCCCCCCC/C=C\CCCCCCCCOC(=O)[C@H](C)N. The van der Waals surface area contributed by atoms with Crippen molar-refractivity contribution in [3.8, 4) is 0 Å². The van der Waals surface area contributed by atoms with Gasteiger partial charge in [0.25, 0.3) is 0 Å². The van der Waals surface area contributed by atoms with Gasteiger partial charge < -0.3 is 10.5 Å². The van der Waals surface area contributed by atoms with Crippen LogP contribution in [0.3, 0.4) is 0 Å². The lowest BCUT2D eigenvalue weighted by atomic mass is 10.1. The van der Waals surface area contributed by atoms with Crippen LogP contribution >= 0.6 is 0 Å². The molecule has 0 aromatic heterocycles. The fraction of sp³-hybridized carbons (Fsp3) is 0.857. The third-order valence-corrected chi connectivity index (χ3v) is 4.27. The molecule has 0 unspecified atom stereocenters. The van der Waals surface area contributed by atoms with Crippen molar-refractivity contribution in [2.24, 2.45) is 5.73 Å². The summed E-state index contributed by atoms with van der Waals surface area (Å²) < 4.78 is 5.05. The van der Waals surface area contributed by atoms with Crippen LogP contribution in [-0.2, 0) is 9.53 Å². The second-order valence-electron chi connectivity index (χ2n) is 6.89. The Hall–Kier alpha value is -0.830. The summed E-state index contributed by atoms with van der Waals surface area (Å²) in [5, 5.41) is 0. The molecule has 1 atom stereocenters. The minimum atomic E-state index is -0.501. The highest BCUT2D eigenvalue weighted by atomic mass is 16.5. The molecular formula is C21H41NO2. The monoisotopic (exact) mass is 339 g/mol. The molecule has 24 heavy (non-hydrogen) atoms. The quantitative estimate of drug-likeness (QED) is 0.203. The number of carbonyl (C=O) groups excluding carboxylic acids is 1. The first-order valence-corrected chi connectivity index (χ1v) is 10.3. The maximum Gasteiger partial charge on any atom is 0.322 e. The highest BCUT2D eigenvalue weighted by molar-refractivity contribution is 5.74. The number of unbranched alkanes of at least 4 members (excludes halogenated alkanes) is 12. The second-order valence-corrected chi connectivity index (χ2v) is 6.89. The van der Waals surface area contributed by atoms with E-state index < -0.39 is 6.04 Å². The molecule has 0 saturated heterocycles. The van der Waals surface area contributed by atoms with Crippen LogP contribution in [0.25, 0.3) is 0 Å². The van der Waals surface area contributed by atoms with Gasteiger partial charge in [-0.15, -0.1) is 0 Å². The third-order valence-electron chi connectivity index (χ3n) is 4.27. The van der Waals surface area contributed by atoms with E-state index in [0.29, 0.717) is 6.61 Å². The largest absolute Gasteiger partial charge is 0.465 e. The lowest BCUT2D eigenvalue weighted by molar-refractivity contribution is -0.144. The summed E-state index contributed by atoms with van der Waals surface area (Å²) in [5.74, 6) is -0.289. The van der Waals surface area contributed by atoms with Crippen LogP contribution in [-0.4, -0.2) is 18.6 Å². The molecule has 0 aliphatic carbocycles. The molecule has 0 aromatic rings. The fourth-order valence-corrected chi connectivity index (χ4v) is 2.65. The van der Waals surface area contributed by atoms with Crippen LogP contribution in [0.1, 0.15) is 104 Å². The molecule has 0 aromatic carbocycles. The number of rotatable bonds is 17. The molecule has 0 rings (SSSR count). The van der Waals surface area contributed by atoms with Gasteiger partial charge in [-0.3, -0.25) is 4.79 Å². The Morgan fingerprint density at radius 1 is 0.833 bits per heavy atom. The molecule has 3 nitrogen and oxygen atoms in total. The number of ether oxygens (including phenoxy) is 1. The van der Waals surface area contributed by atoms with Gasteiger partial charge in [-0.25, -0.2) is 0 Å². The van der Waals surface area contributed by atoms with Gasteiger partial charge in [0, 0.05) is 0 Å². The van der Waals surface area contributed by atoms with Crippen LogP contribution < -0.4 is 5.73 Å². The van der Waals surface area contributed by atoms with E-state index in [2.05, 4.69) is 19.1 Å². The summed E-state index contributed by atoms with van der Waals surface area (Å²) in [6, 6.07) is -0.501. The lowest BCUT2D eigenvalue weighted by Crippen LogP contribution is -2.28. The number of esters is 1. The first-order chi connectivity index (χ1) is 11.7. The highest BCUT2D eigenvalue weighted by Crippen LogP contribution is 2.10. The van der Waals surface area contributed by atoms with Crippen molar-refractivity contribution in [3.63, 3.8) is 0 Å². The molecule has 142 valence electrons. The summed E-state index contributed by atoms with van der Waals surface area (Å²) in [5.41, 5.74) is 5.43. The standard InChI is InChI=1S/C21H41NO2/c1-3-4-5-6-7-8-9-10-11-12-13-14-15-16-17-18-19-24-21(23)20(2)22/h10-11,20H,3-9,12-19,22H2,1-2H3/b11-10-/t20-/m0/s1. The summed E-state index contributed by atoms with van der Waals surface area (Å²) in [7, 11) is 0. The first-order valence-electron chi connectivity index (χ1n) is 10.3. The molecule has 0 spiro atoms. The van der Waals surface area contributed by atoms with Crippen molar-refractivity contribution >= 4 is 5.97 Å². The molecule has 0 aliphatic rings. The van der Waals surface area contributed by atoms with E-state index in [-0.39, 0.29) is 5.97 Å². The van der Waals surface area contributed by atoms with Crippen molar-refractivity contribution in [1.82, 2.24) is 0 Å². The normalized spacial score (nSPS) is 12.6. The van der Waals surface area contributed by atoms with Crippen molar-refractivity contribution in [1.29, 1.82) is 0 Å². The Labute approximate surface area is 150 Å². The van der Waals surface area contributed by atoms with Crippen LogP contribution in [0.2, 0.25) is 0 Å². The van der Waals surface area contributed by atoms with Gasteiger partial charge in [0.05, 0.1) is 6.61 Å². The van der Waals surface area contributed by atoms with E-state index in [9.17, 15) is 4.79 Å². The van der Waals surface area contributed by atoms with Crippen LogP contribution in [0.5, 0.6) is 0 Å². The van der Waals surface area contributed by atoms with Gasteiger partial charge in [-0.1, -0.05) is 76.9 Å². The zero-order valence-electron chi connectivity index (χ0n) is 16.2. The molecule has 0 amide bonds. The van der Waals surface area contributed by atoms with Gasteiger partial charge in [-0.05, 0) is 39.0 Å². The van der Waals surface area contributed by atoms with Crippen molar-refractivity contribution < 1.29 is 9.53 Å². The van der Waals surface area contributed by atoms with Crippen molar-refractivity contribution in [3.05, 3.63) is 12.2 Å². The summed E-state index contributed by atoms with van der Waals surface area (Å²) >= 11 is 0. The van der Waals surface area contributed by atoms with Gasteiger partial charge in [0.15, 0.2) is 0 Å². The lowest BCUT2D eigenvalue weighted by Gasteiger charge is -2.06. The minimum absolute atomic E-state index is 0.289. The van der Waals surface area contributed by atoms with Gasteiger partial charge >= 0.3 is 5.97 Å². The average molecular weight is 340 g/mol. The Morgan fingerprint density at radius 2 is 1.29 bits per heavy atom. The van der Waals surface area contributed by atoms with Gasteiger partial charge in [-0.2, -0.15) is 0 Å². The Bertz CT molecular complexity index is 300. The van der Waals surface area contributed by atoms with E-state index >= 15 is 0 Å². The van der Waals surface area contributed by atoms with E-state index in [4.69, 9.17) is 10.5 Å². The van der Waals surface area contributed by atoms with Crippen LogP contribution in [0.4, 0.5) is 0 Å². The summed E-state index contributed by atoms with van der Waals surface area (Å²) in [6.07, 6.45) is 22.7. The Morgan fingerprint density at radius 3 is 1.79 bits per heavy atom. The van der Waals surface area contributed by atoms with Crippen LogP contribution in [0.15, 0.2) is 12.2 Å². The zero-order valence-corrected chi connectivity index (χ0v) is 16.2. The smallest absolute Gasteiger partial charge is 0.322 e. The Balaban J connectivity index is 3.14. The molecular weight excluding hydrogens is 298 g/mol. The Kier molecular flexibility index (Phi) is 17.9. The summed E-state index contributed by atoms with van der Waals surface area (Å²) in [4.78, 5) is 11.1. The number of carbonyl (C=O) groups is 1. The molecule has 0 saturated carbocycles. The van der Waals surface area contributed by atoms with Crippen molar-refractivity contribution in [2.75, 3.05) is 6.61 Å². The molecule has 0 fully saturated rings. The fourth-order valence-electron chi connectivity index (χ4n) is 2.65. The zero-order chi connectivity index (χ0) is 17.9. The molecule has 0 aliphatic heterocycles. The van der Waals surface area contributed by atoms with E-state index in [0.717, 1.165) is 12.8 Å². The minimum Gasteiger partial charge on any atom is -0.465 e. The molecule has 0 radical (unpaired) electrons. The molecule has 0 heterocycles. The van der Waals surface area contributed by atoms with Crippen molar-refractivity contribution in [2.45, 2.75) is 110 Å². The number of hydrogen-bond acceptors (Lipinski definition) is 3. The van der Waals surface area contributed by atoms with Gasteiger partial charge in [0.2, 0.25) is 0 Å². The second kappa shape index (κ2) is 18.5. The number of allylic oxidation sites excluding steroid dienone is 2. The number of nitrogens with two attached hydrogens (primary N) is 1.